The fraction of sp³-hybridized carbons (Fsp3) is 0.250. The van der Waals surface area contributed by atoms with Gasteiger partial charge in [0, 0.05) is 17.7 Å². The Morgan fingerprint density at radius 3 is 2.61 bits per heavy atom. The number of nitrogens with zero attached hydrogens (tertiary/aromatic N) is 1. The van der Waals surface area contributed by atoms with Crippen molar-refractivity contribution in [3.8, 4) is 11.5 Å². The number of aryl methyl sites for hydroxylation is 1. The zero-order valence-corrected chi connectivity index (χ0v) is 9.89. The molecule has 2 bridgehead atoms. The highest BCUT2D eigenvalue weighted by Gasteiger charge is 2.19. The minimum Gasteiger partial charge on any atom is -0.505 e. The van der Waals surface area contributed by atoms with Crippen LogP contribution in [-0.4, -0.2) is 22.0 Å². The number of carbonyl (C=O) groups excluding carboxylic acids is 2. The van der Waals surface area contributed by atoms with Crippen molar-refractivity contribution in [1.82, 2.24) is 4.98 Å². The van der Waals surface area contributed by atoms with Gasteiger partial charge < -0.3 is 14.6 Å². The number of rotatable bonds is 0. The Balaban J connectivity index is 2.57. The van der Waals surface area contributed by atoms with E-state index in [-0.39, 0.29) is 23.8 Å². The molecule has 1 aromatic heterocycles. The van der Waals surface area contributed by atoms with E-state index in [0.717, 1.165) is 12.2 Å². The smallest absolute Gasteiger partial charge is 0.336 e. The lowest BCUT2D eigenvalue weighted by atomic mass is 10.1. The van der Waals surface area contributed by atoms with Gasteiger partial charge in [0.2, 0.25) is 0 Å². The summed E-state index contributed by atoms with van der Waals surface area (Å²) < 4.78 is 9.87. The molecule has 0 radical (unpaired) electrons. The van der Waals surface area contributed by atoms with E-state index in [1.807, 2.05) is 0 Å². The molecule has 0 saturated carbocycles. The van der Waals surface area contributed by atoms with Crippen LogP contribution in [-0.2, 0) is 20.9 Å². The molecule has 94 valence electrons. The standard InChI is InChI=1S/C12H11NO5/c1-6-11(16)8-5-17-9(14)3-4-10(15)18-12(6)7(2)13-8/h3-4,16H,5H2,1-2H3/b4-3-. The molecule has 0 aliphatic carbocycles. The van der Waals surface area contributed by atoms with E-state index in [4.69, 9.17) is 9.47 Å². The number of hydrogen-bond acceptors (Lipinski definition) is 6. The molecular weight excluding hydrogens is 238 g/mol. The van der Waals surface area contributed by atoms with Crippen LogP contribution in [0.15, 0.2) is 12.2 Å². The van der Waals surface area contributed by atoms with Crippen molar-refractivity contribution in [2.24, 2.45) is 0 Å². The third kappa shape index (κ3) is 2.17. The molecule has 2 aliphatic rings. The van der Waals surface area contributed by atoms with Crippen LogP contribution in [0.1, 0.15) is 17.0 Å². The van der Waals surface area contributed by atoms with E-state index in [2.05, 4.69) is 4.98 Å². The average molecular weight is 249 g/mol. The zero-order valence-electron chi connectivity index (χ0n) is 9.89. The van der Waals surface area contributed by atoms with Crippen LogP contribution in [0.5, 0.6) is 11.5 Å². The van der Waals surface area contributed by atoms with Crippen molar-refractivity contribution < 1.29 is 24.2 Å². The number of ether oxygens (including phenoxy) is 2. The first-order valence-corrected chi connectivity index (χ1v) is 5.24. The van der Waals surface area contributed by atoms with E-state index >= 15 is 0 Å². The molecule has 1 N–H and O–H groups in total. The maximum Gasteiger partial charge on any atom is 0.336 e. The van der Waals surface area contributed by atoms with Gasteiger partial charge >= 0.3 is 11.9 Å². The first-order chi connectivity index (χ1) is 8.49. The van der Waals surface area contributed by atoms with Gasteiger partial charge in [-0.2, -0.15) is 0 Å². The average Bonchev–Trinajstić information content (AvgIpc) is 2.37. The van der Waals surface area contributed by atoms with Crippen molar-refractivity contribution in [1.29, 1.82) is 0 Å². The van der Waals surface area contributed by atoms with Crippen molar-refractivity contribution in [3.63, 3.8) is 0 Å². The largest absolute Gasteiger partial charge is 0.505 e. The lowest BCUT2D eigenvalue weighted by Gasteiger charge is -2.12. The van der Waals surface area contributed by atoms with Crippen molar-refractivity contribution >= 4 is 11.9 Å². The van der Waals surface area contributed by atoms with E-state index in [1.165, 1.54) is 0 Å². The Bertz CT molecular complexity index is 562. The predicted octanol–water partition coefficient (Wildman–Crippen LogP) is 0.922. The van der Waals surface area contributed by atoms with Crippen LogP contribution in [0.25, 0.3) is 0 Å². The minimum atomic E-state index is -0.728. The van der Waals surface area contributed by atoms with Crippen LogP contribution in [0, 0.1) is 13.8 Å². The molecule has 18 heavy (non-hydrogen) atoms. The van der Waals surface area contributed by atoms with Gasteiger partial charge in [-0.15, -0.1) is 0 Å². The summed E-state index contributed by atoms with van der Waals surface area (Å²) in [5.74, 6) is -1.37. The van der Waals surface area contributed by atoms with Gasteiger partial charge in [0.05, 0.1) is 5.69 Å². The minimum absolute atomic E-state index is 0.141. The molecule has 0 atom stereocenters. The Labute approximate surface area is 103 Å². The second-order valence-corrected chi connectivity index (χ2v) is 3.81. The van der Waals surface area contributed by atoms with Gasteiger partial charge in [-0.25, -0.2) is 14.6 Å². The summed E-state index contributed by atoms with van der Waals surface area (Å²) >= 11 is 0. The summed E-state index contributed by atoms with van der Waals surface area (Å²) in [6.07, 6.45) is 1.94. The molecule has 0 fully saturated rings. The summed E-state index contributed by atoms with van der Waals surface area (Å²) in [5.41, 5.74) is 1.06. The summed E-state index contributed by atoms with van der Waals surface area (Å²) in [4.78, 5) is 26.7. The van der Waals surface area contributed by atoms with E-state index in [9.17, 15) is 14.7 Å². The second kappa shape index (κ2) is 4.48. The Morgan fingerprint density at radius 2 is 1.89 bits per heavy atom. The molecule has 6 heteroatoms. The quantitative estimate of drug-likeness (QED) is 0.688. The normalized spacial score (nSPS) is 16.8. The van der Waals surface area contributed by atoms with Gasteiger partial charge in [0.1, 0.15) is 18.1 Å². The molecule has 0 unspecified atom stereocenters. The van der Waals surface area contributed by atoms with Crippen LogP contribution >= 0.6 is 0 Å². The maximum absolute atomic E-state index is 11.4. The second-order valence-electron chi connectivity index (χ2n) is 3.81. The monoisotopic (exact) mass is 249 g/mol. The SMILES string of the molecule is Cc1nc2c(O)c(C)c1OC(=O)/C=C\C(=O)OC2. The molecule has 0 aromatic carbocycles. The first-order valence-electron chi connectivity index (χ1n) is 5.24. The number of fused-ring (bicyclic) bond motifs is 7. The van der Waals surface area contributed by atoms with Gasteiger partial charge in [-0.3, -0.25) is 0 Å². The third-order valence-electron chi connectivity index (χ3n) is 2.51. The number of pyridine rings is 1. The molecule has 0 spiro atoms. The number of hydrogen-bond donors (Lipinski definition) is 1. The third-order valence-corrected chi connectivity index (χ3v) is 2.51. The topological polar surface area (TPSA) is 85.7 Å². The summed E-state index contributed by atoms with van der Waals surface area (Å²) in [6, 6.07) is 0. The van der Waals surface area contributed by atoms with Crippen molar-refractivity contribution in [3.05, 3.63) is 29.1 Å². The van der Waals surface area contributed by atoms with Gasteiger partial charge in [0.15, 0.2) is 5.75 Å². The highest BCUT2D eigenvalue weighted by atomic mass is 16.5. The fourth-order valence-electron chi connectivity index (χ4n) is 1.61. The summed E-state index contributed by atoms with van der Waals surface area (Å²) in [6.45, 7) is 3.08. The summed E-state index contributed by atoms with van der Waals surface area (Å²) in [7, 11) is 0. The van der Waals surface area contributed by atoms with E-state index < -0.39 is 11.9 Å². The Kier molecular flexibility index (Phi) is 3.01. The highest BCUT2D eigenvalue weighted by Crippen LogP contribution is 2.32. The van der Waals surface area contributed by atoms with Crippen LogP contribution < -0.4 is 4.74 Å². The number of esters is 2. The van der Waals surface area contributed by atoms with Gasteiger partial charge in [-0.1, -0.05) is 0 Å². The molecular formula is C12H11NO5. The molecule has 1 aromatic rings. The molecule has 3 rings (SSSR count). The van der Waals surface area contributed by atoms with Gasteiger partial charge in [0.25, 0.3) is 0 Å². The number of aromatic nitrogens is 1. The lowest BCUT2D eigenvalue weighted by Crippen LogP contribution is -2.08. The van der Waals surface area contributed by atoms with E-state index in [0.29, 0.717) is 11.3 Å². The molecule has 0 amide bonds. The highest BCUT2D eigenvalue weighted by molar-refractivity contribution is 5.92. The number of aromatic hydroxyl groups is 1. The molecule has 2 aliphatic heterocycles. The predicted molar refractivity (Wildman–Crippen MR) is 59.9 cm³/mol. The Morgan fingerprint density at radius 1 is 1.22 bits per heavy atom. The van der Waals surface area contributed by atoms with Crippen LogP contribution in [0.3, 0.4) is 0 Å². The molecule has 3 heterocycles. The van der Waals surface area contributed by atoms with E-state index in [1.54, 1.807) is 13.8 Å². The summed E-state index contributed by atoms with van der Waals surface area (Å²) in [5, 5.41) is 9.88. The molecule has 0 saturated heterocycles. The lowest BCUT2D eigenvalue weighted by molar-refractivity contribution is -0.139. The Hall–Kier alpha value is -2.37. The molecule has 6 nitrogen and oxygen atoms in total. The zero-order chi connectivity index (χ0) is 13.3. The van der Waals surface area contributed by atoms with Crippen molar-refractivity contribution in [2.45, 2.75) is 20.5 Å². The number of carbonyl (C=O) groups is 2. The van der Waals surface area contributed by atoms with Gasteiger partial charge in [-0.05, 0) is 13.8 Å². The first kappa shape index (κ1) is 12.1. The van der Waals surface area contributed by atoms with Crippen molar-refractivity contribution in [2.75, 3.05) is 0 Å². The maximum atomic E-state index is 11.4. The fourth-order valence-corrected chi connectivity index (χ4v) is 1.61. The van der Waals surface area contributed by atoms with Crippen LogP contribution in [0.2, 0.25) is 0 Å². The van der Waals surface area contributed by atoms with Crippen LogP contribution in [0.4, 0.5) is 0 Å².